The lowest BCUT2D eigenvalue weighted by atomic mass is 10.2. The summed E-state index contributed by atoms with van der Waals surface area (Å²) < 4.78 is 16.1. The molecule has 3 N–H and O–H groups in total. The lowest BCUT2D eigenvalue weighted by Gasteiger charge is -2.27. The zero-order valence-electron chi connectivity index (χ0n) is 13.7. The van der Waals surface area contributed by atoms with Crippen molar-refractivity contribution < 1.29 is 13.9 Å². The van der Waals surface area contributed by atoms with Crippen LogP contribution in [0.2, 0.25) is 0 Å². The number of ether oxygens (including phenoxy) is 1. The monoisotopic (exact) mass is 449 g/mol. The highest BCUT2D eigenvalue weighted by atomic mass is 35.6. The summed E-state index contributed by atoms with van der Waals surface area (Å²) in [6, 6.07) is 14.6. The summed E-state index contributed by atoms with van der Waals surface area (Å²) in [5.41, 5.74) is 1.32. The van der Waals surface area contributed by atoms with E-state index < -0.39 is 16.1 Å². The Morgan fingerprint density at radius 2 is 1.70 bits per heavy atom. The number of alkyl carbamates (subject to hydrolysis) is 1. The van der Waals surface area contributed by atoms with E-state index in [4.69, 9.17) is 51.8 Å². The highest BCUT2D eigenvalue weighted by Crippen LogP contribution is 2.29. The van der Waals surface area contributed by atoms with Gasteiger partial charge in [0.2, 0.25) is 3.79 Å². The van der Waals surface area contributed by atoms with Crippen LogP contribution in [0.5, 0.6) is 0 Å². The first-order chi connectivity index (χ1) is 12.7. The number of anilines is 1. The number of hydrogen-bond donors (Lipinski definition) is 3. The maximum absolute atomic E-state index is 12.9. The van der Waals surface area contributed by atoms with Crippen molar-refractivity contribution >= 4 is 63.9 Å². The largest absolute Gasteiger partial charge is 0.445 e. The van der Waals surface area contributed by atoms with Gasteiger partial charge in [-0.25, -0.2) is 9.18 Å². The summed E-state index contributed by atoms with van der Waals surface area (Å²) in [5, 5.41) is 7.91. The van der Waals surface area contributed by atoms with Crippen LogP contribution in [0, 0.1) is 5.82 Å². The fraction of sp³-hybridized carbons (Fsp3) is 0.176. The normalized spacial score (nSPS) is 12.0. The van der Waals surface area contributed by atoms with Crippen molar-refractivity contribution in [2.45, 2.75) is 16.6 Å². The number of nitrogens with one attached hydrogen (secondary N) is 3. The van der Waals surface area contributed by atoms with E-state index in [0.717, 1.165) is 5.56 Å². The van der Waals surface area contributed by atoms with E-state index >= 15 is 0 Å². The number of amides is 1. The summed E-state index contributed by atoms with van der Waals surface area (Å²) in [6.07, 6.45) is -1.97. The molecule has 0 saturated heterocycles. The zero-order valence-corrected chi connectivity index (χ0v) is 16.8. The number of halogens is 4. The van der Waals surface area contributed by atoms with Crippen LogP contribution in [0.1, 0.15) is 5.56 Å². The van der Waals surface area contributed by atoms with Crippen LogP contribution in [-0.2, 0) is 11.3 Å². The molecule has 2 aromatic carbocycles. The molecule has 0 aliphatic heterocycles. The maximum atomic E-state index is 12.9. The third-order valence-corrected chi connectivity index (χ3v) is 4.05. The van der Waals surface area contributed by atoms with Gasteiger partial charge in [-0.3, -0.25) is 5.32 Å². The summed E-state index contributed by atoms with van der Waals surface area (Å²) in [7, 11) is 0. The predicted octanol–water partition coefficient (Wildman–Crippen LogP) is 4.73. The molecule has 0 heterocycles. The van der Waals surface area contributed by atoms with Crippen molar-refractivity contribution in [2.75, 3.05) is 5.32 Å². The number of alkyl halides is 3. The molecule has 0 bridgehead atoms. The lowest BCUT2D eigenvalue weighted by molar-refractivity contribution is 0.135. The van der Waals surface area contributed by atoms with E-state index in [-0.39, 0.29) is 17.5 Å². The van der Waals surface area contributed by atoms with Crippen LogP contribution in [-0.4, -0.2) is 21.2 Å². The molecule has 144 valence electrons. The first-order valence-corrected chi connectivity index (χ1v) is 9.15. The van der Waals surface area contributed by atoms with Gasteiger partial charge in [-0.05, 0) is 42.0 Å². The van der Waals surface area contributed by atoms with E-state index in [1.54, 1.807) is 12.1 Å². The zero-order chi connectivity index (χ0) is 19.9. The van der Waals surface area contributed by atoms with E-state index in [1.165, 1.54) is 24.3 Å². The van der Waals surface area contributed by atoms with Crippen molar-refractivity contribution in [1.82, 2.24) is 10.6 Å². The standard InChI is InChI=1S/C17H15Cl3FN3O2S/c18-17(19,20)14(23-15(27)22-13-8-6-12(21)7-9-13)24-16(25)26-10-11-4-2-1-3-5-11/h1-9,14H,10H2,(H,24,25)(H2,22,23,27)/t14-/m1/s1. The molecule has 0 fully saturated rings. The summed E-state index contributed by atoms with van der Waals surface area (Å²) in [5.74, 6) is -0.388. The Labute approximate surface area is 176 Å². The maximum Gasteiger partial charge on any atom is 0.409 e. The summed E-state index contributed by atoms with van der Waals surface area (Å²) in [4.78, 5) is 12.0. The van der Waals surface area contributed by atoms with Gasteiger partial charge < -0.3 is 15.4 Å². The fourth-order valence-electron chi connectivity index (χ4n) is 1.91. The van der Waals surface area contributed by atoms with Gasteiger partial charge in [-0.2, -0.15) is 0 Å². The molecule has 0 radical (unpaired) electrons. The Morgan fingerprint density at radius 3 is 2.30 bits per heavy atom. The number of carbonyl (C=O) groups excluding carboxylic acids is 1. The van der Waals surface area contributed by atoms with Gasteiger partial charge in [-0.15, -0.1) is 0 Å². The van der Waals surface area contributed by atoms with Crippen molar-refractivity contribution in [2.24, 2.45) is 0 Å². The van der Waals surface area contributed by atoms with E-state index in [1.807, 2.05) is 18.2 Å². The summed E-state index contributed by atoms with van der Waals surface area (Å²) in [6.45, 7) is 0.0531. The van der Waals surface area contributed by atoms with Gasteiger partial charge in [0.25, 0.3) is 0 Å². The number of carbonyl (C=O) groups is 1. The molecule has 0 aliphatic carbocycles. The predicted molar refractivity (Wildman–Crippen MR) is 110 cm³/mol. The molecule has 2 aromatic rings. The van der Waals surface area contributed by atoms with E-state index in [2.05, 4.69) is 16.0 Å². The number of benzene rings is 2. The minimum atomic E-state index is -1.92. The highest BCUT2D eigenvalue weighted by molar-refractivity contribution is 7.80. The molecule has 1 amide bonds. The Bertz CT molecular complexity index is 773. The SMILES string of the molecule is O=C(N[C@@H](NC(=S)Nc1ccc(F)cc1)C(Cl)(Cl)Cl)OCc1ccccc1. The Kier molecular flexibility index (Phi) is 7.91. The molecule has 0 aromatic heterocycles. The molecule has 0 unspecified atom stereocenters. The van der Waals surface area contributed by atoms with Gasteiger partial charge >= 0.3 is 6.09 Å². The molecule has 10 heteroatoms. The third kappa shape index (κ3) is 7.76. The Hall–Kier alpha value is -1.80. The average Bonchev–Trinajstić information content (AvgIpc) is 2.61. The second-order valence-corrected chi connectivity index (χ2v) is 8.06. The van der Waals surface area contributed by atoms with Gasteiger partial charge in [0, 0.05) is 5.69 Å². The van der Waals surface area contributed by atoms with Gasteiger partial charge in [0.1, 0.15) is 12.4 Å². The van der Waals surface area contributed by atoms with E-state index in [0.29, 0.717) is 5.69 Å². The Balaban J connectivity index is 1.91. The van der Waals surface area contributed by atoms with Crippen molar-refractivity contribution in [3.05, 3.63) is 66.0 Å². The quantitative estimate of drug-likeness (QED) is 0.349. The third-order valence-electron chi connectivity index (χ3n) is 3.18. The van der Waals surface area contributed by atoms with Crippen molar-refractivity contribution in [3.8, 4) is 0 Å². The van der Waals surface area contributed by atoms with Gasteiger partial charge in [0.05, 0.1) is 0 Å². The number of thiocarbonyl (C=S) groups is 1. The average molecular weight is 451 g/mol. The number of rotatable bonds is 5. The second kappa shape index (κ2) is 9.94. The molecule has 0 saturated carbocycles. The first-order valence-electron chi connectivity index (χ1n) is 7.61. The number of hydrogen-bond acceptors (Lipinski definition) is 3. The van der Waals surface area contributed by atoms with Crippen LogP contribution < -0.4 is 16.0 Å². The van der Waals surface area contributed by atoms with Gasteiger partial charge in [-0.1, -0.05) is 65.1 Å². The van der Waals surface area contributed by atoms with Crippen molar-refractivity contribution in [1.29, 1.82) is 0 Å². The molecule has 5 nitrogen and oxygen atoms in total. The smallest absolute Gasteiger partial charge is 0.409 e. The van der Waals surface area contributed by atoms with Crippen LogP contribution in [0.25, 0.3) is 0 Å². The molecule has 0 spiro atoms. The lowest BCUT2D eigenvalue weighted by Crippen LogP contribution is -2.56. The first kappa shape index (κ1) is 21.5. The molecule has 0 aliphatic rings. The topological polar surface area (TPSA) is 62.4 Å². The minimum Gasteiger partial charge on any atom is -0.445 e. The molecule has 1 atom stereocenters. The minimum absolute atomic E-state index is 0.0531. The van der Waals surface area contributed by atoms with Crippen molar-refractivity contribution in [3.63, 3.8) is 0 Å². The van der Waals surface area contributed by atoms with Crippen LogP contribution in [0.3, 0.4) is 0 Å². The highest BCUT2D eigenvalue weighted by Gasteiger charge is 2.35. The Morgan fingerprint density at radius 1 is 1.07 bits per heavy atom. The van der Waals surface area contributed by atoms with Gasteiger partial charge in [0.15, 0.2) is 11.3 Å². The van der Waals surface area contributed by atoms with Crippen LogP contribution in [0.4, 0.5) is 14.9 Å². The van der Waals surface area contributed by atoms with Crippen LogP contribution in [0.15, 0.2) is 54.6 Å². The molecule has 2 rings (SSSR count). The fourth-order valence-corrected chi connectivity index (χ4v) is 2.48. The molecular formula is C17H15Cl3FN3O2S. The van der Waals surface area contributed by atoms with Crippen LogP contribution >= 0.6 is 47.0 Å². The second-order valence-electron chi connectivity index (χ2n) is 5.29. The summed E-state index contributed by atoms with van der Waals surface area (Å²) >= 11 is 22.8. The molecule has 27 heavy (non-hydrogen) atoms. The molecular weight excluding hydrogens is 436 g/mol. The van der Waals surface area contributed by atoms with E-state index in [9.17, 15) is 9.18 Å².